The Morgan fingerprint density at radius 2 is 1.48 bits per heavy atom. The van der Waals surface area contributed by atoms with E-state index >= 15 is 0 Å². The molecule has 0 radical (unpaired) electrons. The predicted octanol–water partition coefficient (Wildman–Crippen LogP) is 3.96. The molecule has 0 saturated heterocycles. The molecule has 3 aromatic rings. The van der Waals surface area contributed by atoms with E-state index < -0.39 is 23.5 Å². The van der Waals surface area contributed by atoms with Gasteiger partial charge in [-0.2, -0.15) is 0 Å². The lowest BCUT2D eigenvalue weighted by atomic mass is 9.87. The number of ether oxygens (including phenoxy) is 1. The third-order valence-corrected chi connectivity index (χ3v) is 4.57. The number of carbonyl (C=O) groups is 2. The molecule has 0 aromatic heterocycles. The largest absolute Gasteiger partial charge is 0.457 e. The van der Waals surface area contributed by atoms with E-state index in [0.717, 1.165) is 12.1 Å². The SMILES string of the molecule is O=C(CNC(=O)C1c2ccccc2Oc2ccccc21)Nc1ccc(F)c(F)c1. The second-order valence-electron chi connectivity index (χ2n) is 6.51. The van der Waals surface area contributed by atoms with Gasteiger partial charge in [-0.3, -0.25) is 9.59 Å². The highest BCUT2D eigenvalue weighted by molar-refractivity contribution is 5.97. The molecule has 1 aliphatic heterocycles. The minimum absolute atomic E-state index is 0.102. The smallest absolute Gasteiger partial charge is 0.243 e. The number of hydrogen-bond donors (Lipinski definition) is 2. The Bertz CT molecular complexity index is 1060. The van der Waals surface area contributed by atoms with Crippen molar-refractivity contribution in [1.29, 1.82) is 0 Å². The van der Waals surface area contributed by atoms with Crippen molar-refractivity contribution in [3.63, 3.8) is 0 Å². The lowest BCUT2D eigenvalue weighted by Gasteiger charge is -2.27. The average molecular weight is 394 g/mol. The Labute approximate surface area is 165 Å². The number of anilines is 1. The van der Waals surface area contributed by atoms with Gasteiger partial charge in [-0.1, -0.05) is 36.4 Å². The molecule has 7 heteroatoms. The van der Waals surface area contributed by atoms with E-state index in [4.69, 9.17) is 4.74 Å². The van der Waals surface area contributed by atoms with Crippen molar-refractivity contribution in [2.45, 2.75) is 5.92 Å². The van der Waals surface area contributed by atoms with Crippen LogP contribution in [0.3, 0.4) is 0 Å². The summed E-state index contributed by atoms with van der Waals surface area (Å²) in [5.74, 6) is -2.47. The lowest BCUT2D eigenvalue weighted by Crippen LogP contribution is -2.37. The second-order valence-corrected chi connectivity index (χ2v) is 6.51. The summed E-state index contributed by atoms with van der Waals surface area (Å²) in [6.07, 6.45) is 0. The molecule has 0 unspecified atom stereocenters. The number of rotatable bonds is 4. The number of amides is 2. The molecule has 2 amide bonds. The molecule has 5 nitrogen and oxygen atoms in total. The van der Waals surface area contributed by atoms with Crippen LogP contribution < -0.4 is 15.4 Å². The second kappa shape index (κ2) is 7.71. The fraction of sp³-hybridized carbons (Fsp3) is 0.0909. The quantitative estimate of drug-likeness (QED) is 0.704. The summed E-state index contributed by atoms with van der Waals surface area (Å²) in [6.45, 7) is -0.320. The molecule has 29 heavy (non-hydrogen) atoms. The van der Waals surface area contributed by atoms with Gasteiger partial charge in [0, 0.05) is 22.9 Å². The third-order valence-electron chi connectivity index (χ3n) is 4.57. The van der Waals surface area contributed by atoms with Crippen LogP contribution in [0.4, 0.5) is 14.5 Å². The van der Waals surface area contributed by atoms with Gasteiger partial charge in [-0.05, 0) is 24.3 Å². The third kappa shape index (κ3) is 3.80. The van der Waals surface area contributed by atoms with E-state index in [1.54, 1.807) is 24.3 Å². The highest BCUT2D eigenvalue weighted by Crippen LogP contribution is 2.43. The molecule has 0 aliphatic carbocycles. The molecule has 0 fully saturated rings. The molecule has 4 rings (SSSR count). The van der Waals surface area contributed by atoms with Gasteiger partial charge in [0.25, 0.3) is 0 Å². The van der Waals surface area contributed by atoms with E-state index in [-0.39, 0.29) is 18.1 Å². The summed E-state index contributed by atoms with van der Waals surface area (Å²) in [7, 11) is 0. The van der Waals surface area contributed by atoms with Crippen LogP contribution >= 0.6 is 0 Å². The van der Waals surface area contributed by atoms with E-state index in [2.05, 4.69) is 10.6 Å². The Hall–Kier alpha value is -3.74. The first-order valence-electron chi connectivity index (χ1n) is 8.91. The fourth-order valence-corrected chi connectivity index (χ4v) is 3.24. The summed E-state index contributed by atoms with van der Waals surface area (Å²) in [5.41, 5.74) is 1.50. The van der Waals surface area contributed by atoms with Crippen LogP contribution in [-0.4, -0.2) is 18.4 Å². The molecule has 0 saturated carbocycles. The molecule has 0 spiro atoms. The zero-order valence-corrected chi connectivity index (χ0v) is 15.1. The van der Waals surface area contributed by atoms with Crippen LogP contribution in [0.15, 0.2) is 66.7 Å². The highest BCUT2D eigenvalue weighted by atomic mass is 19.2. The number of halogens is 2. The number of nitrogens with one attached hydrogen (secondary N) is 2. The summed E-state index contributed by atoms with van der Waals surface area (Å²) < 4.78 is 32.1. The van der Waals surface area contributed by atoms with E-state index in [9.17, 15) is 18.4 Å². The summed E-state index contributed by atoms with van der Waals surface area (Å²) in [5, 5.41) is 5.03. The van der Waals surface area contributed by atoms with Gasteiger partial charge in [0.15, 0.2) is 11.6 Å². The van der Waals surface area contributed by atoms with Crippen LogP contribution in [0.5, 0.6) is 11.5 Å². The minimum atomic E-state index is -1.07. The Morgan fingerprint density at radius 3 is 2.10 bits per heavy atom. The fourth-order valence-electron chi connectivity index (χ4n) is 3.24. The molecule has 1 heterocycles. The van der Waals surface area contributed by atoms with Crippen LogP contribution in [0, 0.1) is 11.6 Å². The number of hydrogen-bond acceptors (Lipinski definition) is 3. The van der Waals surface area contributed by atoms with Crippen LogP contribution in [-0.2, 0) is 9.59 Å². The van der Waals surface area contributed by atoms with Gasteiger partial charge in [-0.25, -0.2) is 8.78 Å². The van der Waals surface area contributed by atoms with Crippen molar-refractivity contribution < 1.29 is 23.1 Å². The first kappa shape index (κ1) is 18.6. The molecular formula is C22H16F2N2O3. The highest BCUT2D eigenvalue weighted by Gasteiger charge is 2.32. The molecule has 146 valence electrons. The van der Waals surface area contributed by atoms with Crippen molar-refractivity contribution in [1.82, 2.24) is 5.32 Å². The van der Waals surface area contributed by atoms with Crippen molar-refractivity contribution in [2.75, 3.05) is 11.9 Å². The Morgan fingerprint density at radius 1 is 0.862 bits per heavy atom. The van der Waals surface area contributed by atoms with Gasteiger partial charge < -0.3 is 15.4 Å². The molecule has 3 aromatic carbocycles. The van der Waals surface area contributed by atoms with Crippen molar-refractivity contribution >= 4 is 17.5 Å². The zero-order chi connectivity index (χ0) is 20.4. The first-order chi connectivity index (χ1) is 14.0. The van der Waals surface area contributed by atoms with Crippen molar-refractivity contribution in [3.8, 4) is 11.5 Å². The maximum absolute atomic E-state index is 13.3. The predicted molar refractivity (Wildman–Crippen MR) is 103 cm³/mol. The molecule has 0 atom stereocenters. The van der Waals surface area contributed by atoms with E-state index in [0.29, 0.717) is 22.6 Å². The monoisotopic (exact) mass is 394 g/mol. The van der Waals surface area contributed by atoms with Gasteiger partial charge in [0.05, 0.1) is 12.5 Å². The van der Waals surface area contributed by atoms with E-state index in [1.807, 2.05) is 24.3 Å². The number of benzene rings is 3. The van der Waals surface area contributed by atoms with E-state index in [1.165, 1.54) is 6.07 Å². The molecule has 1 aliphatic rings. The van der Waals surface area contributed by atoms with Gasteiger partial charge in [-0.15, -0.1) is 0 Å². The maximum atomic E-state index is 13.3. The first-order valence-corrected chi connectivity index (χ1v) is 8.91. The zero-order valence-electron chi connectivity index (χ0n) is 15.1. The summed E-state index contributed by atoms with van der Waals surface area (Å²) in [4.78, 5) is 25.0. The van der Waals surface area contributed by atoms with Crippen molar-refractivity contribution in [3.05, 3.63) is 89.5 Å². The van der Waals surface area contributed by atoms with Gasteiger partial charge in [0.1, 0.15) is 11.5 Å². The Kier molecular flexibility index (Phi) is 4.95. The Balaban J connectivity index is 1.48. The normalized spacial score (nSPS) is 12.3. The van der Waals surface area contributed by atoms with Crippen LogP contribution in [0.1, 0.15) is 17.0 Å². The summed E-state index contributed by atoms with van der Waals surface area (Å²) in [6, 6.07) is 17.4. The molecular weight excluding hydrogens is 378 g/mol. The minimum Gasteiger partial charge on any atom is -0.457 e. The number of carbonyl (C=O) groups excluding carboxylic acids is 2. The number of fused-ring (bicyclic) bond motifs is 2. The number of para-hydroxylation sites is 2. The maximum Gasteiger partial charge on any atom is 0.243 e. The van der Waals surface area contributed by atoms with Gasteiger partial charge in [0.2, 0.25) is 11.8 Å². The molecule has 2 N–H and O–H groups in total. The average Bonchev–Trinajstić information content (AvgIpc) is 2.73. The standard InChI is InChI=1S/C22H16F2N2O3/c23-16-10-9-13(11-17(16)24)26-20(27)12-25-22(28)21-14-5-1-3-7-18(14)29-19-8-4-2-6-15(19)21/h1-11,21H,12H2,(H,25,28)(H,26,27). The summed E-state index contributed by atoms with van der Waals surface area (Å²) >= 11 is 0. The topological polar surface area (TPSA) is 67.4 Å². The van der Waals surface area contributed by atoms with Crippen LogP contribution in [0.2, 0.25) is 0 Å². The van der Waals surface area contributed by atoms with Crippen molar-refractivity contribution in [2.24, 2.45) is 0 Å². The molecule has 0 bridgehead atoms. The lowest BCUT2D eigenvalue weighted by molar-refractivity contribution is -0.124. The van der Waals surface area contributed by atoms with Crippen LogP contribution in [0.25, 0.3) is 0 Å². The van der Waals surface area contributed by atoms with Gasteiger partial charge >= 0.3 is 0 Å².